The smallest absolute Gasteiger partial charge is 0.261 e. The number of benzene rings is 2. The molecule has 1 N–H and O–H groups in total. The van der Waals surface area contributed by atoms with Crippen molar-refractivity contribution < 1.29 is 9.53 Å². The summed E-state index contributed by atoms with van der Waals surface area (Å²) in [6.07, 6.45) is 1.40. The van der Waals surface area contributed by atoms with Crippen LogP contribution in [0.4, 0.5) is 0 Å². The van der Waals surface area contributed by atoms with Gasteiger partial charge in [-0.05, 0) is 49.7 Å². The lowest BCUT2D eigenvalue weighted by Gasteiger charge is -2.16. The number of nitrogens with one attached hydrogen (secondary N) is 1. The fourth-order valence-corrected chi connectivity index (χ4v) is 3.17. The van der Waals surface area contributed by atoms with Crippen molar-refractivity contribution in [2.45, 2.75) is 26.4 Å². The molecule has 1 atom stereocenters. The van der Waals surface area contributed by atoms with Crippen molar-refractivity contribution in [3.63, 3.8) is 0 Å². The Bertz CT molecular complexity index is 1030. The Morgan fingerprint density at radius 1 is 1.30 bits per heavy atom. The number of nitrogens with zero attached hydrogens (tertiary/aromatic N) is 2. The van der Waals surface area contributed by atoms with Crippen molar-refractivity contribution in [1.82, 2.24) is 14.9 Å². The first kappa shape index (κ1) is 19.1. The number of rotatable bonds is 6. The van der Waals surface area contributed by atoms with Crippen LogP contribution in [0.2, 0.25) is 0 Å². The average molecular weight is 430 g/mol. The fourth-order valence-electron chi connectivity index (χ4n) is 2.81. The number of carbonyl (C=O) groups excluding carboxylic acids is 1. The van der Waals surface area contributed by atoms with E-state index in [4.69, 9.17) is 4.74 Å². The SMILES string of the molecule is CCOc1cccc(C(C)NC(=O)Cn2cnc3ccc(Br)cc3c2=O)c1. The highest BCUT2D eigenvalue weighted by atomic mass is 79.9. The van der Waals surface area contributed by atoms with Crippen LogP contribution in [0.15, 0.2) is 58.1 Å². The summed E-state index contributed by atoms with van der Waals surface area (Å²) in [4.78, 5) is 29.3. The predicted molar refractivity (Wildman–Crippen MR) is 108 cm³/mol. The normalized spacial score (nSPS) is 12.0. The van der Waals surface area contributed by atoms with E-state index in [1.165, 1.54) is 10.9 Å². The topological polar surface area (TPSA) is 73.2 Å². The molecule has 1 amide bonds. The molecule has 6 nitrogen and oxygen atoms in total. The number of ether oxygens (including phenoxy) is 1. The summed E-state index contributed by atoms with van der Waals surface area (Å²) in [7, 11) is 0. The van der Waals surface area contributed by atoms with Crippen molar-refractivity contribution in [1.29, 1.82) is 0 Å². The van der Waals surface area contributed by atoms with E-state index < -0.39 is 0 Å². The minimum absolute atomic E-state index is 0.0935. The second-order valence-corrected chi connectivity index (χ2v) is 7.05. The second kappa shape index (κ2) is 8.35. The molecule has 27 heavy (non-hydrogen) atoms. The zero-order chi connectivity index (χ0) is 19.4. The van der Waals surface area contributed by atoms with Gasteiger partial charge in [0.05, 0.1) is 29.9 Å². The van der Waals surface area contributed by atoms with Crippen molar-refractivity contribution in [3.05, 3.63) is 69.2 Å². The molecule has 0 aliphatic carbocycles. The Hall–Kier alpha value is -2.67. The molecule has 2 aromatic carbocycles. The van der Waals surface area contributed by atoms with Crippen LogP contribution in [0.5, 0.6) is 5.75 Å². The summed E-state index contributed by atoms with van der Waals surface area (Å²) in [5, 5.41) is 3.38. The van der Waals surface area contributed by atoms with Crippen LogP contribution in [-0.2, 0) is 11.3 Å². The number of amides is 1. The maximum Gasteiger partial charge on any atom is 0.261 e. The molecule has 0 saturated carbocycles. The maximum atomic E-state index is 12.6. The van der Waals surface area contributed by atoms with E-state index in [9.17, 15) is 9.59 Å². The first-order chi connectivity index (χ1) is 13.0. The largest absolute Gasteiger partial charge is 0.494 e. The van der Waals surface area contributed by atoms with Gasteiger partial charge in [-0.3, -0.25) is 14.2 Å². The third-order valence-corrected chi connectivity index (χ3v) is 4.64. The summed E-state index contributed by atoms with van der Waals surface area (Å²) in [6, 6.07) is 12.7. The van der Waals surface area contributed by atoms with Crippen molar-refractivity contribution in [2.75, 3.05) is 6.61 Å². The summed E-state index contributed by atoms with van der Waals surface area (Å²) >= 11 is 3.35. The zero-order valence-corrected chi connectivity index (χ0v) is 16.7. The molecule has 3 aromatic rings. The van der Waals surface area contributed by atoms with Gasteiger partial charge in [0, 0.05) is 4.47 Å². The number of hydrogen-bond acceptors (Lipinski definition) is 4. The molecule has 1 aromatic heterocycles. The number of hydrogen-bond donors (Lipinski definition) is 1. The highest BCUT2D eigenvalue weighted by molar-refractivity contribution is 9.10. The predicted octanol–water partition coefficient (Wildman–Crippen LogP) is 3.44. The minimum Gasteiger partial charge on any atom is -0.494 e. The fraction of sp³-hybridized carbons (Fsp3) is 0.250. The number of halogens is 1. The van der Waals surface area contributed by atoms with Gasteiger partial charge < -0.3 is 10.1 Å². The molecule has 0 saturated heterocycles. The van der Waals surface area contributed by atoms with E-state index in [0.29, 0.717) is 17.5 Å². The second-order valence-electron chi connectivity index (χ2n) is 6.13. The molecule has 1 unspecified atom stereocenters. The average Bonchev–Trinajstić information content (AvgIpc) is 2.65. The van der Waals surface area contributed by atoms with Crippen LogP contribution in [0.1, 0.15) is 25.5 Å². The molecule has 0 bridgehead atoms. The van der Waals surface area contributed by atoms with E-state index in [0.717, 1.165) is 15.8 Å². The molecule has 3 rings (SSSR count). The Morgan fingerprint density at radius 3 is 2.89 bits per heavy atom. The maximum absolute atomic E-state index is 12.6. The highest BCUT2D eigenvalue weighted by Gasteiger charge is 2.13. The zero-order valence-electron chi connectivity index (χ0n) is 15.1. The van der Waals surface area contributed by atoms with Crippen molar-refractivity contribution in [3.8, 4) is 5.75 Å². The van der Waals surface area contributed by atoms with Gasteiger partial charge in [0.15, 0.2) is 0 Å². The molecule has 0 spiro atoms. The van der Waals surface area contributed by atoms with Gasteiger partial charge in [0.1, 0.15) is 12.3 Å². The summed E-state index contributed by atoms with van der Waals surface area (Å²) < 4.78 is 7.60. The number of fused-ring (bicyclic) bond motifs is 1. The molecule has 0 aliphatic rings. The number of carbonyl (C=O) groups is 1. The minimum atomic E-state index is -0.262. The Labute approximate surface area is 165 Å². The van der Waals surface area contributed by atoms with Gasteiger partial charge in [0.2, 0.25) is 5.91 Å². The molecule has 0 fully saturated rings. The lowest BCUT2D eigenvalue weighted by molar-refractivity contribution is -0.122. The van der Waals surface area contributed by atoms with Gasteiger partial charge in [-0.25, -0.2) is 4.98 Å². The van der Waals surface area contributed by atoms with Crippen LogP contribution in [0.3, 0.4) is 0 Å². The van der Waals surface area contributed by atoms with Gasteiger partial charge >= 0.3 is 0 Å². The Morgan fingerprint density at radius 2 is 2.11 bits per heavy atom. The summed E-state index contributed by atoms with van der Waals surface area (Å²) in [5.74, 6) is 0.499. The molecule has 1 heterocycles. The number of aromatic nitrogens is 2. The molecular formula is C20H20BrN3O3. The van der Waals surface area contributed by atoms with E-state index in [1.807, 2.05) is 44.2 Å². The van der Waals surface area contributed by atoms with Crippen LogP contribution < -0.4 is 15.6 Å². The standard InChI is InChI=1S/C20H20BrN3O3/c1-3-27-16-6-4-5-14(9-16)13(2)23-19(25)11-24-12-22-18-8-7-15(21)10-17(18)20(24)26/h4-10,12-13H,3,11H2,1-2H3,(H,23,25). The van der Waals surface area contributed by atoms with E-state index >= 15 is 0 Å². The highest BCUT2D eigenvalue weighted by Crippen LogP contribution is 2.19. The lowest BCUT2D eigenvalue weighted by Crippen LogP contribution is -2.34. The third kappa shape index (κ3) is 4.54. The van der Waals surface area contributed by atoms with Crippen molar-refractivity contribution in [2.24, 2.45) is 0 Å². The monoisotopic (exact) mass is 429 g/mol. The van der Waals surface area contributed by atoms with Crippen molar-refractivity contribution >= 4 is 32.7 Å². The Balaban J connectivity index is 1.74. The molecular weight excluding hydrogens is 410 g/mol. The van der Waals surface area contributed by atoms with Crippen LogP contribution in [0, 0.1) is 0 Å². The van der Waals surface area contributed by atoms with Crippen LogP contribution in [0.25, 0.3) is 10.9 Å². The van der Waals surface area contributed by atoms with Gasteiger partial charge in [0.25, 0.3) is 5.56 Å². The quantitative estimate of drug-likeness (QED) is 0.651. The van der Waals surface area contributed by atoms with Crippen LogP contribution >= 0.6 is 15.9 Å². The lowest BCUT2D eigenvalue weighted by atomic mass is 10.1. The molecule has 7 heteroatoms. The van der Waals surface area contributed by atoms with Gasteiger partial charge in [-0.15, -0.1) is 0 Å². The van der Waals surface area contributed by atoms with E-state index in [-0.39, 0.29) is 24.1 Å². The van der Waals surface area contributed by atoms with Crippen LogP contribution in [-0.4, -0.2) is 22.1 Å². The summed E-state index contributed by atoms with van der Waals surface area (Å²) in [6.45, 7) is 4.30. The molecule has 0 aliphatic heterocycles. The first-order valence-electron chi connectivity index (χ1n) is 8.64. The van der Waals surface area contributed by atoms with Gasteiger partial charge in [-0.1, -0.05) is 28.1 Å². The van der Waals surface area contributed by atoms with Gasteiger partial charge in [-0.2, -0.15) is 0 Å². The first-order valence-corrected chi connectivity index (χ1v) is 9.44. The third-order valence-electron chi connectivity index (χ3n) is 4.15. The Kier molecular flexibility index (Phi) is 5.91. The summed E-state index contributed by atoms with van der Waals surface area (Å²) in [5.41, 5.74) is 1.28. The van der Waals surface area contributed by atoms with E-state index in [1.54, 1.807) is 12.1 Å². The molecule has 140 valence electrons. The van der Waals surface area contributed by atoms with E-state index in [2.05, 4.69) is 26.2 Å². The molecule has 0 radical (unpaired) electrons.